The number of aryl methyl sites for hydroxylation is 1. The van der Waals surface area contributed by atoms with E-state index in [2.05, 4.69) is 26.4 Å². The highest BCUT2D eigenvalue weighted by molar-refractivity contribution is 5.87. The Balaban J connectivity index is 1.41. The minimum atomic E-state index is -0.439. The first-order chi connectivity index (χ1) is 14.7. The summed E-state index contributed by atoms with van der Waals surface area (Å²) < 4.78 is 5.48. The third-order valence-electron chi connectivity index (χ3n) is 6.40. The molecule has 1 saturated carbocycles. The molecule has 0 amide bonds. The molecule has 1 aliphatic carbocycles. The Morgan fingerprint density at radius 3 is 2.70 bits per heavy atom. The molecule has 1 aliphatic heterocycles. The van der Waals surface area contributed by atoms with Crippen molar-refractivity contribution in [1.82, 2.24) is 20.4 Å². The number of β-amino-alcohol motifs (C(OH)–C–C–N with tert-alkyl or cyclic N) is 1. The van der Waals surface area contributed by atoms with Gasteiger partial charge in [-0.3, -0.25) is 0 Å². The van der Waals surface area contributed by atoms with Gasteiger partial charge >= 0.3 is 0 Å². The number of para-hydroxylation sites is 1. The Morgan fingerprint density at radius 1 is 1.10 bits per heavy atom. The van der Waals surface area contributed by atoms with Gasteiger partial charge in [0.15, 0.2) is 5.82 Å². The lowest BCUT2D eigenvalue weighted by atomic mass is 9.92. The van der Waals surface area contributed by atoms with E-state index in [9.17, 15) is 5.11 Å². The molecule has 30 heavy (non-hydrogen) atoms. The first-order valence-electron chi connectivity index (χ1n) is 11.1. The number of aliphatic hydroxyl groups is 1. The summed E-state index contributed by atoms with van der Waals surface area (Å²) in [4.78, 5) is 11.5. The van der Waals surface area contributed by atoms with Crippen LogP contribution in [0.3, 0.4) is 0 Å². The summed E-state index contributed by atoms with van der Waals surface area (Å²) in [6.45, 7) is 3.18. The zero-order chi connectivity index (χ0) is 20.5. The second kappa shape index (κ2) is 8.32. The lowest BCUT2D eigenvalue weighted by molar-refractivity contribution is 0.103. The summed E-state index contributed by atoms with van der Waals surface area (Å²) in [6, 6.07) is 10.8. The molecule has 0 bridgehead atoms. The fourth-order valence-corrected chi connectivity index (χ4v) is 4.80. The number of pyridine rings is 1. The minimum Gasteiger partial charge on any atom is -0.390 e. The lowest BCUT2D eigenvalue weighted by Crippen LogP contribution is -2.55. The number of nitrogens with one attached hydrogen (secondary N) is 1. The van der Waals surface area contributed by atoms with E-state index in [1.54, 1.807) is 0 Å². The average molecular weight is 408 g/mol. The predicted molar refractivity (Wildman–Crippen MR) is 116 cm³/mol. The Bertz CT molecular complexity index is 1010. The third kappa shape index (κ3) is 3.91. The summed E-state index contributed by atoms with van der Waals surface area (Å²) in [5.74, 6) is 1.87. The van der Waals surface area contributed by atoms with Crippen molar-refractivity contribution in [3.63, 3.8) is 0 Å². The van der Waals surface area contributed by atoms with Crippen molar-refractivity contribution in [3.05, 3.63) is 36.2 Å². The zero-order valence-electron chi connectivity index (χ0n) is 17.4. The molecule has 3 heterocycles. The molecule has 0 unspecified atom stereocenters. The number of nitrogens with zero attached hydrogens (tertiary/aromatic N) is 4. The minimum absolute atomic E-state index is 0.138. The second-order valence-corrected chi connectivity index (χ2v) is 8.61. The van der Waals surface area contributed by atoms with E-state index in [1.165, 1.54) is 32.1 Å². The van der Waals surface area contributed by atoms with Crippen LogP contribution in [0.15, 0.2) is 34.9 Å². The maximum absolute atomic E-state index is 10.9. The standard InChI is InChI=1S/C23H29N5O2/c1-15-24-23(30-27-15)18-13-16-7-5-6-10-19(16)26-22(18)28-12-11-20(21(29)14-28)25-17-8-3-2-4-9-17/h5-7,10,13,17,20-21,25,29H,2-4,8-9,11-12,14H2,1H3/t20-,21-/m1/s1. The fraction of sp³-hybridized carbons (Fsp3) is 0.522. The highest BCUT2D eigenvalue weighted by Crippen LogP contribution is 2.33. The molecule has 3 aromatic rings. The number of piperidine rings is 1. The molecule has 2 aromatic heterocycles. The van der Waals surface area contributed by atoms with Crippen LogP contribution in [0.2, 0.25) is 0 Å². The normalized spacial score (nSPS) is 23.2. The van der Waals surface area contributed by atoms with Crippen LogP contribution in [0.5, 0.6) is 0 Å². The lowest BCUT2D eigenvalue weighted by Gasteiger charge is -2.39. The van der Waals surface area contributed by atoms with Gasteiger partial charge in [0.1, 0.15) is 5.82 Å². The largest absolute Gasteiger partial charge is 0.390 e. The number of fused-ring (bicyclic) bond motifs is 1. The summed E-state index contributed by atoms with van der Waals surface area (Å²) in [7, 11) is 0. The van der Waals surface area contributed by atoms with Gasteiger partial charge in [-0.1, -0.05) is 42.6 Å². The van der Waals surface area contributed by atoms with Crippen molar-refractivity contribution in [2.24, 2.45) is 0 Å². The van der Waals surface area contributed by atoms with Gasteiger partial charge < -0.3 is 19.8 Å². The summed E-state index contributed by atoms with van der Waals surface area (Å²) >= 11 is 0. The number of rotatable bonds is 4. The van der Waals surface area contributed by atoms with Crippen LogP contribution in [0.4, 0.5) is 5.82 Å². The molecule has 7 nitrogen and oxygen atoms in total. The maximum Gasteiger partial charge on any atom is 0.261 e. The molecule has 158 valence electrons. The summed E-state index contributed by atoms with van der Waals surface area (Å²) in [5, 5.41) is 19.6. The van der Waals surface area contributed by atoms with Gasteiger partial charge in [-0.15, -0.1) is 0 Å². The van der Waals surface area contributed by atoms with Crippen LogP contribution in [-0.4, -0.2) is 51.5 Å². The third-order valence-corrected chi connectivity index (χ3v) is 6.40. The highest BCUT2D eigenvalue weighted by atomic mass is 16.5. The van der Waals surface area contributed by atoms with Crippen molar-refractivity contribution in [2.45, 2.75) is 63.6 Å². The van der Waals surface area contributed by atoms with E-state index >= 15 is 0 Å². The number of hydrogen-bond acceptors (Lipinski definition) is 7. The second-order valence-electron chi connectivity index (χ2n) is 8.61. The first-order valence-corrected chi connectivity index (χ1v) is 11.1. The van der Waals surface area contributed by atoms with E-state index in [1.807, 2.05) is 31.2 Å². The first kappa shape index (κ1) is 19.5. The Labute approximate surface area is 176 Å². The molecular weight excluding hydrogens is 378 g/mol. The highest BCUT2D eigenvalue weighted by Gasteiger charge is 2.32. The van der Waals surface area contributed by atoms with Crippen molar-refractivity contribution in [3.8, 4) is 11.5 Å². The molecule has 2 atom stereocenters. The maximum atomic E-state index is 10.9. The van der Waals surface area contributed by atoms with Gasteiger partial charge in [-0.05, 0) is 38.3 Å². The smallest absolute Gasteiger partial charge is 0.261 e. The van der Waals surface area contributed by atoms with E-state index < -0.39 is 6.10 Å². The molecule has 2 N–H and O–H groups in total. The van der Waals surface area contributed by atoms with Gasteiger partial charge in [0.25, 0.3) is 5.89 Å². The molecular formula is C23H29N5O2. The van der Waals surface area contributed by atoms with Crippen LogP contribution in [0.1, 0.15) is 44.3 Å². The number of hydrogen-bond donors (Lipinski definition) is 2. The molecule has 0 radical (unpaired) electrons. The fourth-order valence-electron chi connectivity index (χ4n) is 4.80. The average Bonchev–Trinajstić information content (AvgIpc) is 3.21. The van der Waals surface area contributed by atoms with E-state index in [0.717, 1.165) is 35.2 Å². The Morgan fingerprint density at radius 2 is 1.93 bits per heavy atom. The van der Waals surface area contributed by atoms with Crippen LogP contribution in [0.25, 0.3) is 22.4 Å². The molecule has 1 saturated heterocycles. The van der Waals surface area contributed by atoms with Crippen LogP contribution in [0, 0.1) is 6.92 Å². The van der Waals surface area contributed by atoms with E-state index in [0.29, 0.717) is 24.3 Å². The number of benzene rings is 1. The van der Waals surface area contributed by atoms with Crippen molar-refractivity contribution >= 4 is 16.7 Å². The Kier molecular flexibility index (Phi) is 5.39. The molecule has 1 aromatic carbocycles. The number of aromatic nitrogens is 3. The molecule has 7 heteroatoms. The van der Waals surface area contributed by atoms with E-state index in [-0.39, 0.29) is 6.04 Å². The number of anilines is 1. The van der Waals surface area contributed by atoms with E-state index in [4.69, 9.17) is 9.51 Å². The Hall–Kier alpha value is -2.51. The van der Waals surface area contributed by atoms with Gasteiger partial charge in [-0.25, -0.2) is 4.98 Å². The topological polar surface area (TPSA) is 87.3 Å². The summed E-state index contributed by atoms with van der Waals surface area (Å²) in [5.41, 5.74) is 1.74. The molecule has 2 fully saturated rings. The van der Waals surface area contributed by atoms with Crippen LogP contribution >= 0.6 is 0 Å². The van der Waals surface area contributed by atoms with Crippen molar-refractivity contribution in [2.75, 3.05) is 18.0 Å². The summed E-state index contributed by atoms with van der Waals surface area (Å²) in [6.07, 6.45) is 6.81. The van der Waals surface area contributed by atoms with Gasteiger partial charge in [-0.2, -0.15) is 4.98 Å². The van der Waals surface area contributed by atoms with Gasteiger partial charge in [0.2, 0.25) is 0 Å². The number of aliphatic hydroxyl groups excluding tert-OH is 1. The van der Waals surface area contributed by atoms with Gasteiger partial charge in [0, 0.05) is 30.6 Å². The van der Waals surface area contributed by atoms with Crippen LogP contribution < -0.4 is 10.2 Å². The molecule has 0 spiro atoms. The monoisotopic (exact) mass is 407 g/mol. The quantitative estimate of drug-likeness (QED) is 0.685. The van der Waals surface area contributed by atoms with Crippen molar-refractivity contribution < 1.29 is 9.63 Å². The molecule has 2 aliphatic rings. The van der Waals surface area contributed by atoms with Crippen LogP contribution in [-0.2, 0) is 0 Å². The predicted octanol–water partition coefficient (Wildman–Crippen LogP) is 3.46. The molecule has 5 rings (SSSR count). The zero-order valence-corrected chi connectivity index (χ0v) is 17.4. The van der Waals surface area contributed by atoms with Gasteiger partial charge in [0.05, 0.1) is 17.2 Å². The van der Waals surface area contributed by atoms with Crippen molar-refractivity contribution in [1.29, 1.82) is 0 Å². The SMILES string of the molecule is Cc1noc(-c2cc3ccccc3nc2N2CC[C@@H](NC3CCCCC3)[C@H](O)C2)n1.